The largest absolute Gasteiger partial charge is 0.466 e. The summed E-state index contributed by atoms with van der Waals surface area (Å²) in [5.41, 5.74) is 9.32. The summed E-state index contributed by atoms with van der Waals surface area (Å²) in [5.74, 6) is -0.0122. The Hall–Kier alpha value is -3.16. The second-order valence-corrected chi connectivity index (χ2v) is 7.84. The lowest BCUT2D eigenvalue weighted by Gasteiger charge is -2.36. The fraction of sp³-hybridized carbons (Fsp3) is 0.478. The Morgan fingerprint density at radius 2 is 1.97 bits per heavy atom. The normalized spacial score (nSPS) is 19.6. The molecule has 1 fully saturated rings. The van der Waals surface area contributed by atoms with Crippen LogP contribution in [0.4, 0.5) is 0 Å². The Morgan fingerprint density at radius 3 is 2.65 bits per heavy atom. The van der Waals surface area contributed by atoms with Gasteiger partial charge >= 0.3 is 5.97 Å². The molecule has 1 saturated heterocycles. The fourth-order valence-corrected chi connectivity index (χ4v) is 3.74. The van der Waals surface area contributed by atoms with E-state index in [1.807, 2.05) is 24.0 Å². The van der Waals surface area contributed by atoms with Crippen LogP contribution in [0, 0.1) is 0 Å². The number of fused-ring (bicyclic) bond motifs is 1. The van der Waals surface area contributed by atoms with Gasteiger partial charge in [0.1, 0.15) is 5.70 Å². The Balaban J connectivity index is 1.76. The van der Waals surface area contributed by atoms with E-state index in [1.54, 1.807) is 24.8 Å². The molecule has 31 heavy (non-hydrogen) atoms. The number of hydrogen-bond acceptors (Lipinski definition) is 6. The van der Waals surface area contributed by atoms with Crippen molar-refractivity contribution in [1.29, 1.82) is 0 Å². The van der Waals surface area contributed by atoms with Gasteiger partial charge in [-0.05, 0) is 44.7 Å². The molecule has 0 radical (unpaired) electrons. The molecule has 1 amide bonds. The highest BCUT2D eigenvalue weighted by atomic mass is 16.5. The van der Waals surface area contributed by atoms with Crippen molar-refractivity contribution >= 4 is 23.4 Å². The fourth-order valence-electron chi connectivity index (χ4n) is 3.74. The molecule has 1 aromatic carbocycles. The average Bonchev–Trinajstić information content (AvgIpc) is 2.70. The first-order chi connectivity index (χ1) is 14.9. The van der Waals surface area contributed by atoms with E-state index in [1.165, 1.54) is 5.56 Å². The summed E-state index contributed by atoms with van der Waals surface area (Å²) in [6, 6.07) is 8.15. The number of amides is 1. The maximum Gasteiger partial charge on any atom is 0.311 e. The quantitative estimate of drug-likeness (QED) is 0.248. The van der Waals surface area contributed by atoms with Crippen molar-refractivity contribution in [1.82, 2.24) is 9.80 Å². The van der Waals surface area contributed by atoms with Crippen molar-refractivity contribution < 1.29 is 14.3 Å². The second-order valence-electron chi connectivity index (χ2n) is 7.84. The van der Waals surface area contributed by atoms with E-state index < -0.39 is 0 Å². The molecule has 2 heterocycles. The van der Waals surface area contributed by atoms with Gasteiger partial charge in [-0.1, -0.05) is 24.3 Å². The van der Waals surface area contributed by atoms with Gasteiger partial charge in [0.15, 0.2) is 5.84 Å². The Bertz CT molecular complexity index is 918. The highest BCUT2D eigenvalue weighted by molar-refractivity contribution is 6.03. The van der Waals surface area contributed by atoms with Crippen molar-refractivity contribution in [3.63, 3.8) is 0 Å². The average molecular weight is 426 g/mol. The molecule has 0 unspecified atom stereocenters. The first-order valence-corrected chi connectivity index (χ1v) is 10.8. The minimum absolute atomic E-state index is 0.0429. The van der Waals surface area contributed by atoms with Gasteiger partial charge in [-0.3, -0.25) is 9.59 Å². The Kier molecular flexibility index (Phi) is 7.44. The number of carbonyl (C=O) groups excluding carboxylic acids is 2. The minimum atomic E-state index is -0.339. The molecule has 3 rings (SSSR count). The predicted octanol–water partition coefficient (Wildman–Crippen LogP) is 2.41. The first kappa shape index (κ1) is 22.5. The zero-order valence-electron chi connectivity index (χ0n) is 18.5. The summed E-state index contributed by atoms with van der Waals surface area (Å²) in [7, 11) is 0. The number of hydrogen-bond donors (Lipinski definition) is 1. The molecule has 2 aliphatic heterocycles. The highest BCUT2D eigenvalue weighted by Gasteiger charge is 2.29. The third-order valence-corrected chi connectivity index (χ3v) is 5.60. The molecule has 166 valence electrons. The van der Waals surface area contributed by atoms with Crippen molar-refractivity contribution in [2.24, 2.45) is 15.9 Å². The number of benzene rings is 1. The molecule has 1 aromatic rings. The van der Waals surface area contributed by atoms with Gasteiger partial charge in [0, 0.05) is 31.4 Å². The van der Waals surface area contributed by atoms with Gasteiger partial charge in [-0.25, -0.2) is 0 Å². The SMILES string of the molecule is CCOC(=O)CC(C)=NN=C(C=C(N)C(=O)N1CCc2ccccc2[C@H]1C)N1CCC1. The topological polar surface area (TPSA) is 101 Å². The molecular weight excluding hydrogens is 394 g/mol. The Morgan fingerprint density at radius 1 is 1.23 bits per heavy atom. The van der Waals surface area contributed by atoms with E-state index in [0.717, 1.165) is 31.5 Å². The van der Waals surface area contributed by atoms with Gasteiger partial charge in [0.05, 0.1) is 19.1 Å². The molecule has 8 nitrogen and oxygen atoms in total. The van der Waals surface area contributed by atoms with Gasteiger partial charge in [0.2, 0.25) is 0 Å². The van der Waals surface area contributed by atoms with Crippen molar-refractivity contribution in [2.75, 3.05) is 26.2 Å². The van der Waals surface area contributed by atoms with Crippen molar-refractivity contribution in [2.45, 2.75) is 46.1 Å². The zero-order valence-corrected chi connectivity index (χ0v) is 18.5. The summed E-state index contributed by atoms with van der Waals surface area (Å²) >= 11 is 0. The molecule has 1 atom stereocenters. The third kappa shape index (κ3) is 5.51. The zero-order chi connectivity index (χ0) is 22.4. The third-order valence-electron chi connectivity index (χ3n) is 5.60. The molecular formula is C23H31N5O3. The smallest absolute Gasteiger partial charge is 0.311 e. The second kappa shape index (κ2) is 10.2. The lowest BCUT2D eigenvalue weighted by atomic mass is 9.93. The highest BCUT2D eigenvalue weighted by Crippen LogP contribution is 2.29. The van der Waals surface area contributed by atoms with Crippen LogP contribution in [0.3, 0.4) is 0 Å². The van der Waals surface area contributed by atoms with Crippen LogP contribution < -0.4 is 5.73 Å². The number of likely N-dealkylation sites (tertiary alicyclic amines) is 1. The number of nitrogens with two attached hydrogens (primary N) is 1. The molecule has 0 aliphatic carbocycles. The van der Waals surface area contributed by atoms with Crippen LogP contribution in [0.1, 0.15) is 50.8 Å². The molecule has 0 bridgehead atoms. The summed E-state index contributed by atoms with van der Waals surface area (Å²) < 4.78 is 4.94. The van der Waals surface area contributed by atoms with Gasteiger partial charge in [-0.15, -0.1) is 5.10 Å². The van der Waals surface area contributed by atoms with Crippen LogP contribution in [0.2, 0.25) is 0 Å². The number of ether oxygens (including phenoxy) is 1. The van der Waals surface area contributed by atoms with Crippen LogP contribution in [0.25, 0.3) is 0 Å². The number of esters is 1. The summed E-state index contributed by atoms with van der Waals surface area (Å²) in [6.07, 6.45) is 3.53. The summed E-state index contributed by atoms with van der Waals surface area (Å²) in [4.78, 5) is 28.5. The first-order valence-electron chi connectivity index (χ1n) is 10.8. The predicted molar refractivity (Wildman–Crippen MR) is 121 cm³/mol. The summed E-state index contributed by atoms with van der Waals surface area (Å²) in [5, 5.41) is 8.43. The monoisotopic (exact) mass is 425 g/mol. The lowest BCUT2D eigenvalue weighted by molar-refractivity contribution is -0.141. The van der Waals surface area contributed by atoms with E-state index in [2.05, 4.69) is 22.3 Å². The van der Waals surface area contributed by atoms with Gasteiger partial charge in [0.25, 0.3) is 5.91 Å². The van der Waals surface area contributed by atoms with Gasteiger partial charge < -0.3 is 20.3 Å². The van der Waals surface area contributed by atoms with Crippen molar-refractivity contribution in [3.05, 3.63) is 47.2 Å². The van der Waals surface area contributed by atoms with Crippen molar-refractivity contribution in [3.8, 4) is 0 Å². The Labute approximate surface area is 183 Å². The molecule has 2 N–H and O–H groups in total. The summed E-state index contributed by atoms with van der Waals surface area (Å²) in [6.45, 7) is 8.12. The maximum atomic E-state index is 13.1. The minimum Gasteiger partial charge on any atom is -0.466 e. The van der Waals surface area contributed by atoms with Gasteiger partial charge in [-0.2, -0.15) is 5.10 Å². The molecule has 0 spiro atoms. The van der Waals surface area contributed by atoms with E-state index in [-0.39, 0.29) is 30.0 Å². The van der Waals surface area contributed by atoms with E-state index in [4.69, 9.17) is 10.5 Å². The number of amidine groups is 1. The van der Waals surface area contributed by atoms with E-state index in [9.17, 15) is 9.59 Å². The molecule has 0 aromatic heterocycles. The molecule has 8 heteroatoms. The van der Waals surface area contributed by atoms with Crippen LogP contribution in [0.5, 0.6) is 0 Å². The number of nitrogens with zero attached hydrogens (tertiary/aromatic N) is 4. The van der Waals surface area contributed by atoms with Crippen LogP contribution in [-0.2, 0) is 20.7 Å². The number of carbonyl (C=O) groups is 2. The van der Waals surface area contributed by atoms with E-state index >= 15 is 0 Å². The standard InChI is InChI=1S/C23H31N5O3/c1-4-31-22(29)14-16(2)25-26-21(27-11-7-12-27)15-20(24)23(30)28-13-10-18-8-5-6-9-19(18)17(28)3/h5-6,8-9,15,17H,4,7,10-14,24H2,1-3H3/t17-/m1/s1. The lowest BCUT2D eigenvalue weighted by Crippen LogP contribution is -2.43. The van der Waals surface area contributed by atoms with E-state index in [0.29, 0.717) is 24.7 Å². The molecule has 0 saturated carbocycles. The van der Waals surface area contributed by atoms with Crippen LogP contribution in [-0.4, -0.2) is 59.5 Å². The van der Waals surface area contributed by atoms with Crippen LogP contribution >= 0.6 is 0 Å². The number of rotatable bonds is 6. The maximum absolute atomic E-state index is 13.1. The molecule has 2 aliphatic rings. The van der Waals surface area contributed by atoms with Crippen LogP contribution in [0.15, 0.2) is 46.2 Å².